The minimum atomic E-state index is -1.23. The van der Waals surface area contributed by atoms with E-state index in [1.54, 1.807) is 43.5 Å². The molecule has 1 aromatic carbocycles. The summed E-state index contributed by atoms with van der Waals surface area (Å²) in [4.78, 5) is 37.7. The van der Waals surface area contributed by atoms with E-state index in [4.69, 9.17) is 0 Å². The molecular formula is C19H20N2O4. The first kappa shape index (κ1) is 17.0. The average molecular weight is 340 g/mol. The van der Waals surface area contributed by atoms with E-state index in [0.29, 0.717) is 17.7 Å². The number of amides is 1. The molecule has 1 aliphatic heterocycles. The van der Waals surface area contributed by atoms with E-state index in [-0.39, 0.29) is 11.5 Å². The second-order valence-corrected chi connectivity index (χ2v) is 6.29. The molecule has 6 nitrogen and oxygen atoms in total. The number of pyridine rings is 1. The Labute approximate surface area is 145 Å². The molecule has 6 heteroatoms. The predicted octanol–water partition coefficient (Wildman–Crippen LogP) is 2.01. The van der Waals surface area contributed by atoms with Crippen LogP contribution in [0.1, 0.15) is 34.3 Å². The lowest BCUT2D eigenvalue weighted by Crippen LogP contribution is -2.29. The van der Waals surface area contributed by atoms with Crippen LogP contribution >= 0.6 is 0 Å². The molecule has 1 amide bonds. The molecule has 130 valence electrons. The number of carboxylic acids is 1. The Balaban J connectivity index is 1.83. The number of benzene rings is 1. The van der Waals surface area contributed by atoms with E-state index in [1.807, 2.05) is 4.90 Å². The number of aryl methyl sites for hydroxylation is 1. The fourth-order valence-electron chi connectivity index (χ4n) is 3.12. The summed E-state index contributed by atoms with van der Waals surface area (Å²) in [6.07, 6.45) is 4.03. The third kappa shape index (κ3) is 3.47. The number of aromatic carboxylic acids is 1. The molecule has 0 radical (unpaired) electrons. The lowest BCUT2D eigenvalue weighted by atomic mass is 10.1. The maximum Gasteiger partial charge on any atom is 0.341 e. The number of likely N-dealkylation sites (tertiary alicyclic amines) is 1. The van der Waals surface area contributed by atoms with Crippen molar-refractivity contribution in [3.05, 3.63) is 63.6 Å². The van der Waals surface area contributed by atoms with Gasteiger partial charge in [0, 0.05) is 25.0 Å². The summed E-state index contributed by atoms with van der Waals surface area (Å²) in [6, 6.07) is 8.67. The van der Waals surface area contributed by atoms with E-state index >= 15 is 0 Å². The quantitative estimate of drug-likeness (QED) is 0.923. The Bertz CT molecular complexity index is 862. The van der Waals surface area contributed by atoms with Gasteiger partial charge in [0.05, 0.1) is 6.42 Å². The molecule has 1 aliphatic rings. The molecule has 1 fully saturated rings. The van der Waals surface area contributed by atoms with Gasteiger partial charge in [-0.3, -0.25) is 14.2 Å². The third-order valence-electron chi connectivity index (χ3n) is 4.54. The van der Waals surface area contributed by atoms with Crippen molar-refractivity contribution in [2.75, 3.05) is 13.1 Å². The molecule has 0 bridgehead atoms. The minimum absolute atomic E-state index is 0.117. The van der Waals surface area contributed by atoms with Crippen molar-refractivity contribution < 1.29 is 14.7 Å². The normalized spacial score (nSPS) is 13.9. The number of hydrogen-bond acceptors (Lipinski definition) is 3. The first-order valence-electron chi connectivity index (χ1n) is 8.30. The van der Waals surface area contributed by atoms with Crippen LogP contribution in [0, 0.1) is 6.92 Å². The maximum atomic E-state index is 12.4. The van der Waals surface area contributed by atoms with Gasteiger partial charge in [0.15, 0.2) is 0 Å². The number of carbonyl (C=O) groups excluding carboxylic acids is 1. The highest BCUT2D eigenvalue weighted by atomic mass is 16.4. The fourth-order valence-corrected chi connectivity index (χ4v) is 3.12. The highest BCUT2D eigenvalue weighted by Gasteiger charge is 2.18. The van der Waals surface area contributed by atoms with Crippen molar-refractivity contribution >= 4 is 11.9 Å². The molecule has 2 aromatic rings. The van der Waals surface area contributed by atoms with Crippen LogP contribution in [-0.4, -0.2) is 39.5 Å². The molecule has 0 unspecified atom stereocenters. The molecule has 1 aromatic heterocycles. The zero-order valence-corrected chi connectivity index (χ0v) is 14.1. The van der Waals surface area contributed by atoms with Gasteiger partial charge in [-0.15, -0.1) is 0 Å². The first-order chi connectivity index (χ1) is 12.0. The van der Waals surface area contributed by atoms with Crippen LogP contribution in [0.25, 0.3) is 5.69 Å². The lowest BCUT2D eigenvalue weighted by Gasteiger charge is -2.15. The van der Waals surface area contributed by atoms with Crippen LogP contribution in [-0.2, 0) is 11.2 Å². The molecule has 0 saturated carbocycles. The number of nitrogens with zero attached hydrogens (tertiary/aromatic N) is 2. The molecule has 25 heavy (non-hydrogen) atoms. The van der Waals surface area contributed by atoms with Crippen molar-refractivity contribution in [1.29, 1.82) is 0 Å². The van der Waals surface area contributed by atoms with Crippen LogP contribution in [0.2, 0.25) is 0 Å². The van der Waals surface area contributed by atoms with Gasteiger partial charge in [0.2, 0.25) is 5.91 Å². The molecule has 2 heterocycles. The van der Waals surface area contributed by atoms with Crippen molar-refractivity contribution in [2.24, 2.45) is 0 Å². The zero-order valence-electron chi connectivity index (χ0n) is 14.1. The van der Waals surface area contributed by atoms with Gasteiger partial charge in [-0.2, -0.15) is 0 Å². The molecule has 0 atom stereocenters. The third-order valence-corrected chi connectivity index (χ3v) is 4.54. The summed E-state index contributed by atoms with van der Waals surface area (Å²) in [6.45, 7) is 3.25. The Hall–Kier alpha value is -2.89. The molecule has 0 aliphatic carbocycles. The second-order valence-electron chi connectivity index (χ2n) is 6.29. The summed E-state index contributed by atoms with van der Waals surface area (Å²) in [5.74, 6) is -1.12. The van der Waals surface area contributed by atoms with Crippen LogP contribution in [0.4, 0.5) is 0 Å². The molecule has 1 N–H and O–H groups in total. The number of hydrogen-bond donors (Lipinski definition) is 1. The van der Waals surface area contributed by atoms with Crippen molar-refractivity contribution in [3.8, 4) is 5.69 Å². The smallest absolute Gasteiger partial charge is 0.341 e. The summed E-state index contributed by atoms with van der Waals surface area (Å²) in [7, 11) is 0. The Morgan fingerprint density at radius 1 is 1.08 bits per heavy atom. The minimum Gasteiger partial charge on any atom is -0.477 e. The Morgan fingerprint density at radius 2 is 1.72 bits per heavy atom. The molecule has 3 rings (SSSR count). The Kier molecular flexibility index (Phi) is 4.70. The average Bonchev–Trinajstić information content (AvgIpc) is 3.10. The zero-order chi connectivity index (χ0) is 18.0. The van der Waals surface area contributed by atoms with E-state index in [2.05, 4.69) is 0 Å². The SMILES string of the molecule is Cc1ccn(-c2ccc(CC(=O)N3CCCC3)cc2)c(=O)c1C(=O)O. The first-order valence-corrected chi connectivity index (χ1v) is 8.30. The second kappa shape index (κ2) is 6.93. The van der Waals surface area contributed by atoms with Crippen molar-refractivity contribution in [3.63, 3.8) is 0 Å². The van der Waals surface area contributed by atoms with Crippen LogP contribution in [0.15, 0.2) is 41.3 Å². The van der Waals surface area contributed by atoms with E-state index in [1.165, 1.54) is 4.57 Å². The summed E-state index contributed by atoms with van der Waals surface area (Å²) in [5.41, 5.74) is 1.09. The highest BCUT2D eigenvalue weighted by Crippen LogP contribution is 2.13. The Morgan fingerprint density at radius 3 is 2.32 bits per heavy atom. The number of carboxylic acid groups (broad SMARTS) is 1. The van der Waals surface area contributed by atoms with Crippen molar-refractivity contribution in [2.45, 2.75) is 26.2 Å². The summed E-state index contributed by atoms with van der Waals surface area (Å²) in [5, 5.41) is 9.21. The van der Waals surface area contributed by atoms with Gasteiger partial charge in [-0.25, -0.2) is 4.79 Å². The largest absolute Gasteiger partial charge is 0.477 e. The lowest BCUT2D eigenvalue weighted by molar-refractivity contribution is -0.129. The van der Waals surface area contributed by atoms with Gasteiger partial charge >= 0.3 is 5.97 Å². The summed E-state index contributed by atoms with van der Waals surface area (Å²) < 4.78 is 1.31. The number of rotatable bonds is 4. The standard InChI is InChI=1S/C19H20N2O4/c1-13-8-11-21(18(23)17(13)19(24)25)15-6-4-14(5-7-15)12-16(22)20-9-2-3-10-20/h4-8,11H,2-3,9-10,12H2,1H3,(H,24,25). The van der Waals surface area contributed by atoms with E-state index in [9.17, 15) is 19.5 Å². The van der Waals surface area contributed by atoms with Gasteiger partial charge in [0.25, 0.3) is 5.56 Å². The van der Waals surface area contributed by atoms with E-state index in [0.717, 1.165) is 31.5 Å². The molecular weight excluding hydrogens is 320 g/mol. The monoisotopic (exact) mass is 340 g/mol. The number of aromatic nitrogens is 1. The predicted molar refractivity (Wildman–Crippen MR) is 93.3 cm³/mol. The maximum absolute atomic E-state index is 12.4. The van der Waals surface area contributed by atoms with Gasteiger partial charge in [0.1, 0.15) is 5.56 Å². The van der Waals surface area contributed by atoms with Crippen LogP contribution in [0.3, 0.4) is 0 Å². The van der Waals surface area contributed by atoms with Gasteiger partial charge < -0.3 is 10.0 Å². The van der Waals surface area contributed by atoms with Crippen LogP contribution in [0.5, 0.6) is 0 Å². The highest BCUT2D eigenvalue weighted by molar-refractivity contribution is 5.88. The van der Waals surface area contributed by atoms with Crippen LogP contribution < -0.4 is 5.56 Å². The van der Waals surface area contributed by atoms with Gasteiger partial charge in [-0.05, 0) is 49.1 Å². The van der Waals surface area contributed by atoms with Crippen molar-refractivity contribution in [1.82, 2.24) is 9.47 Å². The van der Waals surface area contributed by atoms with E-state index < -0.39 is 11.5 Å². The molecule has 1 saturated heterocycles. The summed E-state index contributed by atoms with van der Waals surface area (Å²) >= 11 is 0. The fraction of sp³-hybridized carbons (Fsp3) is 0.316. The topological polar surface area (TPSA) is 79.6 Å². The number of carbonyl (C=O) groups is 2. The molecule has 0 spiro atoms. The van der Waals surface area contributed by atoms with Gasteiger partial charge in [-0.1, -0.05) is 12.1 Å².